The number of rotatable bonds is 6. The third-order valence-electron chi connectivity index (χ3n) is 5.63. The fourth-order valence-corrected chi connectivity index (χ4v) is 5.84. The minimum atomic E-state index is -3.75. The van der Waals surface area contributed by atoms with Gasteiger partial charge in [-0.3, -0.25) is 0 Å². The molecule has 0 aromatic heterocycles. The predicted octanol–water partition coefficient (Wildman–Crippen LogP) is 3.59. The lowest BCUT2D eigenvalue weighted by molar-refractivity contribution is 0.0305. The fourth-order valence-electron chi connectivity index (χ4n) is 4.20. The number of fused-ring (bicyclic) bond motifs is 1. The Bertz CT molecular complexity index is 1180. The van der Waals surface area contributed by atoms with E-state index in [1.54, 1.807) is 30.3 Å². The van der Waals surface area contributed by atoms with Gasteiger partial charge in [0.05, 0.1) is 10.6 Å². The highest BCUT2D eigenvalue weighted by Gasteiger charge is 2.43. The van der Waals surface area contributed by atoms with Crippen molar-refractivity contribution in [2.45, 2.75) is 36.0 Å². The van der Waals surface area contributed by atoms with E-state index in [-0.39, 0.29) is 17.9 Å². The second-order valence-electron chi connectivity index (χ2n) is 8.07. The highest BCUT2D eigenvalue weighted by Crippen LogP contribution is 2.37. The van der Waals surface area contributed by atoms with E-state index in [0.29, 0.717) is 12.0 Å². The highest BCUT2D eigenvalue weighted by atomic mass is 32.2. The molecule has 0 unspecified atom stereocenters. The molecule has 0 heterocycles. The largest absolute Gasteiger partial charge is 0.445 e. The lowest BCUT2D eigenvalue weighted by Gasteiger charge is -2.38. The van der Waals surface area contributed by atoms with Crippen LogP contribution in [0.4, 0.5) is 4.79 Å². The van der Waals surface area contributed by atoms with E-state index in [4.69, 9.17) is 4.74 Å². The molecule has 0 saturated heterocycles. The van der Waals surface area contributed by atoms with Crippen molar-refractivity contribution in [1.82, 2.24) is 5.32 Å². The van der Waals surface area contributed by atoms with Crippen LogP contribution < -0.4 is 5.32 Å². The first-order valence-corrected chi connectivity index (χ1v) is 12.1. The number of hydrogen-bond acceptors (Lipinski definition) is 5. The maximum Gasteiger partial charge on any atom is 0.407 e. The summed E-state index contributed by atoms with van der Waals surface area (Å²) in [4.78, 5) is 12.5. The van der Waals surface area contributed by atoms with Gasteiger partial charge in [0.1, 0.15) is 12.2 Å². The maximum atomic E-state index is 13.0. The summed E-state index contributed by atoms with van der Waals surface area (Å²) in [5.41, 5.74) is 0.608. The van der Waals surface area contributed by atoms with Crippen LogP contribution in [0.3, 0.4) is 0 Å². The van der Waals surface area contributed by atoms with Crippen LogP contribution in [0.25, 0.3) is 0 Å². The Hall–Kier alpha value is -3.16. The molecule has 1 amide bonds. The van der Waals surface area contributed by atoms with Crippen LogP contribution in [-0.2, 0) is 33.2 Å². The number of ether oxygens (including phenoxy) is 1. The molecule has 0 bridgehead atoms. The number of amides is 1. The molecule has 1 aliphatic rings. The predicted molar refractivity (Wildman–Crippen MR) is 121 cm³/mol. The summed E-state index contributed by atoms with van der Waals surface area (Å²) in [6.07, 6.45) is -0.0626. The second-order valence-corrected chi connectivity index (χ2v) is 10.1. The van der Waals surface area contributed by atoms with E-state index in [0.717, 1.165) is 11.1 Å². The van der Waals surface area contributed by atoms with Crippen molar-refractivity contribution in [3.8, 4) is 0 Å². The summed E-state index contributed by atoms with van der Waals surface area (Å²) in [5.74, 6) is -0.474. The first kappa shape index (κ1) is 22.0. The summed E-state index contributed by atoms with van der Waals surface area (Å²) >= 11 is 0. The Labute approximate surface area is 187 Å². The van der Waals surface area contributed by atoms with Gasteiger partial charge in [-0.25, -0.2) is 13.2 Å². The number of aliphatic hydroxyl groups is 1. The normalized spacial score (nSPS) is 20.2. The molecule has 166 valence electrons. The first-order chi connectivity index (χ1) is 15.4. The van der Waals surface area contributed by atoms with Crippen LogP contribution in [-0.4, -0.2) is 31.4 Å². The Morgan fingerprint density at radius 2 is 1.59 bits per heavy atom. The van der Waals surface area contributed by atoms with Crippen molar-refractivity contribution >= 4 is 15.9 Å². The van der Waals surface area contributed by atoms with Gasteiger partial charge in [0, 0.05) is 12.5 Å². The molecule has 7 heteroatoms. The molecule has 2 atom stereocenters. The van der Waals surface area contributed by atoms with Gasteiger partial charge in [0.25, 0.3) is 0 Å². The average molecular weight is 452 g/mol. The molecule has 3 aromatic rings. The van der Waals surface area contributed by atoms with Crippen molar-refractivity contribution in [3.05, 3.63) is 102 Å². The Kier molecular flexibility index (Phi) is 6.30. The van der Waals surface area contributed by atoms with Crippen LogP contribution in [0.1, 0.15) is 23.1 Å². The number of carbonyl (C=O) groups excluding carboxylic acids is 1. The minimum absolute atomic E-state index is 0.0660. The molecule has 0 spiro atoms. The Morgan fingerprint density at radius 1 is 0.969 bits per heavy atom. The summed E-state index contributed by atoms with van der Waals surface area (Å²) in [5, 5.41) is 14.3. The number of hydrogen-bond donors (Lipinski definition) is 2. The number of alkyl carbamates (subject to hydrolysis) is 1. The van der Waals surface area contributed by atoms with Crippen molar-refractivity contribution in [1.29, 1.82) is 0 Å². The van der Waals surface area contributed by atoms with Crippen LogP contribution in [0.5, 0.6) is 0 Å². The van der Waals surface area contributed by atoms with E-state index in [1.165, 1.54) is 12.1 Å². The first-order valence-electron chi connectivity index (χ1n) is 10.4. The molecule has 4 rings (SSSR count). The standard InChI is InChI=1S/C25H25NO5S/c27-24(31-17-19-9-3-1-4-10-19)26-21-15-20-11-7-8-14-23(20)25(28,16-21)18-32(29,30)22-12-5-2-6-13-22/h1-14,21,28H,15-18H2,(H,26,27)/t21-,25-/m1/s1. The minimum Gasteiger partial charge on any atom is -0.445 e. The average Bonchev–Trinajstić information content (AvgIpc) is 2.78. The Balaban J connectivity index is 1.52. The van der Waals surface area contributed by atoms with Gasteiger partial charge in [-0.15, -0.1) is 0 Å². The second kappa shape index (κ2) is 9.14. The molecule has 2 N–H and O–H groups in total. The molecule has 1 aliphatic carbocycles. The molecule has 6 nitrogen and oxygen atoms in total. The van der Waals surface area contributed by atoms with Gasteiger partial charge in [-0.2, -0.15) is 0 Å². The molecule has 0 fully saturated rings. The highest BCUT2D eigenvalue weighted by molar-refractivity contribution is 7.91. The van der Waals surface area contributed by atoms with E-state index < -0.39 is 33.3 Å². The molecular formula is C25H25NO5S. The van der Waals surface area contributed by atoms with Gasteiger partial charge >= 0.3 is 6.09 Å². The monoisotopic (exact) mass is 451 g/mol. The van der Waals surface area contributed by atoms with Crippen molar-refractivity contribution in [2.24, 2.45) is 0 Å². The molecule has 0 saturated carbocycles. The van der Waals surface area contributed by atoms with Gasteiger partial charge in [0.15, 0.2) is 9.84 Å². The van der Waals surface area contributed by atoms with Gasteiger partial charge in [-0.1, -0.05) is 72.8 Å². The van der Waals surface area contributed by atoms with Crippen molar-refractivity contribution in [2.75, 3.05) is 5.75 Å². The van der Waals surface area contributed by atoms with E-state index >= 15 is 0 Å². The molecule has 0 radical (unpaired) electrons. The molecule has 3 aromatic carbocycles. The lowest BCUT2D eigenvalue weighted by atomic mass is 9.78. The van der Waals surface area contributed by atoms with Crippen LogP contribution in [0, 0.1) is 0 Å². The number of carbonyl (C=O) groups is 1. The Morgan fingerprint density at radius 3 is 2.31 bits per heavy atom. The van der Waals surface area contributed by atoms with Gasteiger partial charge in [0.2, 0.25) is 0 Å². The summed E-state index contributed by atoms with van der Waals surface area (Å²) in [7, 11) is -3.75. The summed E-state index contributed by atoms with van der Waals surface area (Å²) < 4.78 is 31.4. The number of sulfone groups is 1. The fraction of sp³-hybridized carbons (Fsp3) is 0.240. The zero-order valence-corrected chi connectivity index (χ0v) is 18.3. The van der Waals surface area contributed by atoms with Crippen LogP contribution in [0.2, 0.25) is 0 Å². The van der Waals surface area contributed by atoms with Gasteiger partial charge in [-0.05, 0) is 35.2 Å². The van der Waals surface area contributed by atoms with Crippen LogP contribution in [0.15, 0.2) is 89.8 Å². The quantitative estimate of drug-likeness (QED) is 0.598. The lowest BCUT2D eigenvalue weighted by Crippen LogP contribution is -2.49. The molecular weight excluding hydrogens is 426 g/mol. The summed E-state index contributed by atoms with van der Waals surface area (Å²) in [6.45, 7) is 0.128. The van der Waals surface area contributed by atoms with Crippen LogP contribution >= 0.6 is 0 Å². The molecule has 0 aliphatic heterocycles. The summed E-state index contributed by atoms with van der Waals surface area (Å²) in [6, 6.07) is 24.1. The zero-order valence-electron chi connectivity index (χ0n) is 17.5. The zero-order chi connectivity index (χ0) is 22.6. The molecule has 32 heavy (non-hydrogen) atoms. The smallest absolute Gasteiger partial charge is 0.407 e. The van der Waals surface area contributed by atoms with Crippen molar-refractivity contribution < 1.29 is 23.1 Å². The van der Waals surface area contributed by atoms with E-state index in [9.17, 15) is 18.3 Å². The third kappa shape index (κ3) is 5.00. The van der Waals surface area contributed by atoms with E-state index in [2.05, 4.69) is 5.32 Å². The third-order valence-corrected chi connectivity index (χ3v) is 7.48. The number of nitrogens with one attached hydrogen (secondary N) is 1. The maximum absolute atomic E-state index is 13.0. The number of benzene rings is 3. The van der Waals surface area contributed by atoms with E-state index in [1.807, 2.05) is 42.5 Å². The topological polar surface area (TPSA) is 92.7 Å². The van der Waals surface area contributed by atoms with Crippen molar-refractivity contribution in [3.63, 3.8) is 0 Å². The SMILES string of the molecule is O=C(N[C@@H]1Cc2ccccc2[C@](O)(CS(=O)(=O)c2ccccc2)C1)OCc1ccccc1. The van der Waals surface area contributed by atoms with Gasteiger partial charge < -0.3 is 15.2 Å².